The van der Waals surface area contributed by atoms with Crippen LogP contribution in [0.15, 0.2) is 24.3 Å². The van der Waals surface area contributed by atoms with Gasteiger partial charge in [0.2, 0.25) is 5.91 Å². The zero-order chi connectivity index (χ0) is 12.3. The van der Waals surface area contributed by atoms with Crippen LogP contribution in [-0.2, 0) is 0 Å². The number of primary amides is 1. The maximum Gasteiger partial charge on any atom is 0.248 e. The second-order valence-electron chi connectivity index (χ2n) is 4.36. The van der Waals surface area contributed by atoms with Crippen molar-refractivity contribution in [2.45, 2.75) is 25.3 Å². The normalized spacial score (nSPS) is 23.0. The Hall–Kier alpha value is -2.02. The summed E-state index contributed by atoms with van der Waals surface area (Å²) in [6.45, 7) is 0. The van der Waals surface area contributed by atoms with Crippen molar-refractivity contribution >= 4 is 11.6 Å². The predicted octanol–water partition coefficient (Wildman–Crippen LogP) is 1.89. The summed E-state index contributed by atoms with van der Waals surface area (Å²) < 4.78 is 0. The first-order valence-electron chi connectivity index (χ1n) is 5.76. The fourth-order valence-corrected chi connectivity index (χ4v) is 2.26. The Morgan fingerprint density at radius 2 is 2.29 bits per heavy atom. The summed E-state index contributed by atoms with van der Waals surface area (Å²) in [5, 5.41) is 12.3. The summed E-state index contributed by atoms with van der Waals surface area (Å²) in [5.74, 6) is -0.371. The number of rotatable bonds is 3. The van der Waals surface area contributed by atoms with Crippen molar-refractivity contribution in [2.75, 3.05) is 5.32 Å². The molecule has 1 aliphatic rings. The molecule has 0 radical (unpaired) electrons. The number of nitrogens with one attached hydrogen (secondary N) is 1. The molecule has 4 nitrogen and oxygen atoms in total. The average Bonchev–Trinajstić information content (AvgIpc) is 2.76. The van der Waals surface area contributed by atoms with Gasteiger partial charge in [0, 0.05) is 17.3 Å². The Bertz CT molecular complexity index is 464. The summed E-state index contributed by atoms with van der Waals surface area (Å²) >= 11 is 0. The number of anilines is 1. The summed E-state index contributed by atoms with van der Waals surface area (Å²) in [6, 6.07) is 9.60. The predicted molar refractivity (Wildman–Crippen MR) is 65.3 cm³/mol. The minimum atomic E-state index is -0.433. The molecule has 0 aliphatic heterocycles. The van der Waals surface area contributed by atoms with Gasteiger partial charge in [0.1, 0.15) is 0 Å². The first kappa shape index (κ1) is 11.5. The van der Waals surface area contributed by atoms with Gasteiger partial charge < -0.3 is 11.1 Å². The number of nitrogens with zero attached hydrogens (tertiary/aromatic N) is 1. The third kappa shape index (κ3) is 2.56. The maximum absolute atomic E-state index is 11.1. The molecular formula is C13H15N3O. The summed E-state index contributed by atoms with van der Waals surface area (Å²) in [4.78, 5) is 11.1. The van der Waals surface area contributed by atoms with Crippen LogP contribution in [0.4, 0.5) is 5.69 Å². The number of hydrogen-bond donors (Lipinski definition) is 2. The average molecular weight is 229 g/mol. The Kier molecular flexibility index (Phi) is 3.29. The molecule has 88 valence electrons. The van der Waals surface area contributed by atoms with E-state index >= 15 is 0 Å². The van der Waals surface area contributed by atoms with Gasteiger partial charge in [-0.1, -0.05) is 6.07 Å². The summed E-state index contributed by atoms with van der Waals surface area (Å²) in [7, 11) is 0. The molecule has 4 heteroatoms. The lowest BCUT2D eigenvalue weighted by Gasteiger charge is -2.17. The first-order chi connectivity index (χ1) is 8.20. The Labute approximate surface area is 100 Å². The molecule has 1 amide bonds. The standard InChI is InChI=1S/C13H15N3O/c14-8-10-4-2-6-12(10)16-11-5-1-3-9(7-11)13(15)17/h1,3,5,7,10,12,16H,2,4,6H2,(H2,15,17). The smallest absolute Gasteiger partial charge is 0.248 e. The van der Waals surface area contributed by atoms with Crippen LogP contribution in [0.5, 0.6) is 0 Å². The van der Waals surface area contributed by atoms with Crippen molar-refractivity contribution in [2.24, 2.45) is 11.7 Å². The minimum Gasteiger partial charge on any atom is -0.381 e. The molecule has 0 heterocycles. The molecule has 1 aromatic rings. The van der Waals surface area contributed by atoms with E-state index in [4.69, 9.17) is 11.0 Å². The van der Waals surface area contributed by atoms with Crippen LogP contribution in [0.2, 0.25) is 0 Å². The molecule has 3 N–H and O–H groups in total. The van der Waals surface area contributed by atoms with E-state index in [1.54, 1.807) is 18.2 Å². The van der Waals surface area contributed by atoms with E-state index in [0.717, 1.165) is 24.9 Å². The highest BCUT2D eigenvalue weighted by atomic mass is 16.1. The van der Waals surface area contributed by atoms with Crippen molar-refractivity contribution in [3.63, 3.8) is 0 Å². The summed E-state index contributed by atoms with van der Waals surface area (Å²) in [6.07, 6.45) is 3.02. The molecule has 0 spiro atoms. The SMILES string of the molecule is N#CC1CCCC1Nc1cccc(C(N)=O)c1. The molecule has 0 saturated heterocycles. The van der Waals surface area contributed by atoms with Crippen molar-refractivity contribution in [1.82, 2.24) is 0 Å². The monoisotopic (exact) mass is 229 g/mol. The Morgan fingerprint density at radius 3 is 3.00 bits per heavy atom. The highest BCUT2D eigenvalue weighted by Crippen LogP contribution is 2.28. The van der Waals surface area contributed by atoms with Gasteiger partial charge in [-0.15, -0.1) is 0 Å². The van der Waals surface area contributed by atoms with Crippen molar-refractivity contribution in [3.05, 3.63) is 29.8 Å². The van der Waals surface area contributed by atoms with Gasteiger partial charge in [0.15, 0.2) is 0 Å². The van der Waals surface area contributed by atoms with E-state index in [9.17, 15) is 4.79 Å². The van der Waals surface area contributed by atoms with Gasteiger partial charge in [-0.3, -0.25) is 4.79 Å². The number of carbonyl (C=O) groups excluding carboxylic acids is 1. The van der Waals surface area contributed by atoms with Crippen LogP contribution < -0.4 is 11.1 Å². The maximum atomic E-state index is 11.1. The molecule has 2 rings (SSSR count). The van der Waals surface area contributed by atoms with Crippen molar-refractivity contribution in [1.29, 1.82) is 5.26 Å². The third-order valence-electron chi connectivity index (χ3n) is 3.18. The van der Waals surface area contributed by atoms with Crippen LogP contribution in [-0.4, -0.2) is 11.9 Å². The molecule has 1 aliphatic carbocycles. The number of hydrogen-bond acceptors (Lipinski definition) is 3. The molecule has 1 aromatic carbocycles. The van der Waals surface area contributed by atoms with Crippen LogP contribution >= 0.6 is 0 Å². The zero-order valence-electron chi connectivity index (χ0n) is 9.52. The van der Waals surface area contributed by atoms with Crippen LogP contribution in [0, 0.1) is 17.2 Å². The fourth-order valence-electron chi connectivity index (χ4n) is 2.26. The number of nitrogens with two attached hydrogens (primary N) is 1. The lowest BCUT2D eigenvalue weighted by Crippen LogP contribution is -2.23. The number of nitriles is 1. The van der Waals surface area contributed by atoms with Crippen LogP contribution in [0.1, 0.15) is 29.6 Å². The quantitative estimate of drug-likeness (QED) is 0.830. The van der Waals surface area contributed by atoms with Gasteiger partial charge >= 0.3 is 0 Å². The first-order valence-corrected chi connectivity index (χ1v) is 5.76. The highest BCUT2D eigenvalue weighted by Gasteiger charge is 2.26. The van der Waals surface area contributed by atoms with Crippen molar-refractivity contribution in [3.8, 4) is 6.07 Å². The van der Waals surface area contributed by atoms with E-state index in [0.29, 0.717) is 5.56 Å². The van der Waals surface area contributed by atoms with E-state index in [1.807, 2.05) is 6.07 Å². The lowest BCUT2D eigenvalue weighted by atomic mass is 10.1. The van der Waals surface area contributed by atoms with Crippen LogP contribution in [0.3, 0.4) is 0 Å². The lowest BCUT2D eigenvalue weighted by molar-refractivity contribution is 0.100. The fraction of sp³-hybridized carbons (Fsp3) is 0.385. The van der Waals surface area contributed by atoms with Crippen molar-refractivity contribution < 1.29 is 4.79 Å². The van der Waals surface area contributed by atoms with Gasteiger partial charge in [-0.05, 0) is 37.5 Å². The van der Waals surface area contributed by atoms with Gasteiger partial charge in [-0.2, -0.15) is 5.26 Å². The molecule has 1 fully saturated rings. The largest absolute Gasteiger partial charge is 0.381 e. The van der Waals surface area contributed by atoms with E-state index in [2.05, 4.69) is 11.4 Å². The summed E-state index contributed by atoms with van der Waals surface area (Å²) in [5.41, 5.74) is 6.57. The van der Waals surface area contributed by atoms with Gasteiger partial charge in [-0.25, -0.2) is 0 Å². The van der Waals surface area contributed by atoms with Gasteiger partial charge in [0.25, 0.3) is 0 Å². The zero-order valence-corrected chi connectivity index (χ0v) is 9.52. The molecule has 2 atom stereocenters. The number of carbonyl (C=O) groups is 1. The Morgan fingerprint density at radius 1 is 1.47 bits per heavy atom. The third-order valence-corrected chi connectivity index (χ3v) is 3.18. The number of amides is 1. The highest BCUT2D eigenvalue weighted by molar-refractivity contribution is 5.93. The number of benzene rings is 1. The molecule has 1 saturated carbocycles. The van der Waals surface area contributed by atoms with Crippen LogP contribution in [0.25, 0.3) is 0 Å². The molecule has 17 heavy (non-hydrogen) atoms. The van der Waals surface area contributed by atoms with Gasteiger partial charge in [0.05, 0.1) is 12.0 Å². The molecular weight excluding hydrogens is 214 g/mol. The molecule has 0 bridgehead atoms. The molecule has 0 aromatic heterocycles. The Balaban J connectivity index is 2.11. The van der Waals surface area contributed by atoms with E-state index < -0.39 is 5.91 Å². The molecule has 2 unspecified atom stereocenters. The second kappa shape index (κ2) is 4.88. The second-order valence-corrected chi connectivity index (χ2v) is 4.36. The minimum absolute atomic E-state index is 0.0623. The van der Waals surface area contributed by atoms with E-state index in [1.165, 1.54) is 0 Å². The topological polar surface area (TPSA) is 78.9 Å². The van der Waals surface area contributed by atoms with E-state index in [-0.39, 0.29) is 12.0 Å².